The number of aryl methyl sites for hydroxylation is 2. The second-order valence-corrected chi connectivity index (χ2v) is 7.44. The third kappa shape index (κ3) is 3.79. The van der Waals surface area contributed by atoms with E-state index in [4.69, 9.17) is 4.74 Å². The Morgan fingerprint density at radius 2 is 2.27 bits per heavy atom. The summed E-state index contributed by atoms with van der Waals surface area (Å²) in [5, 5.41) is 7.83. The Labute approximate surface area is 135 Å². The second-order valence-electron chi connectivity index (χ2n) is 6.21. The molecule has 0 saturated heterocycles. The lowest BCUT2D eigenvalue weighted by Crippen LogP contribution is -2.44. The highest BCUT2D eigenvalue weighted by atomic mass is 32.1. The van der Waals surface area contributed by atoms with Gasteiger partial charge in [0.25, 0.3) is 0 Å². The minimum atomic E-state index is -0.292. The quantitative estimate of drug-likeness (QED) is 0.845. The molecule has 2 aliphatic carbocycles. The number of hydrogen-bond donors (Lipinski definition) is 2. The fourth-order valence-electron chi connectivity index (χ4n) is 3.16. The van der Waals surface area contributed by atoms with Crippen molar-refractivity contribution in [3.8, 4) is 0 Å². The van der Waals surface area contributed by atoms with Crippen LogP contribution in [-0.4, -0.2) is 30.3 Å². The van der Waals surface area contributed by atoms with Crippen molar-refractivity contribution in [1.29, 1.82) is 0 Å². The molecule has 6 heteroatoms. The van der Waals surface area contributed by atoms with Gasteiger partial charge in [0.1, 0.15) is 0 Å². The van der Waals surface area contributed by atoms with E-state index in [1.54, 1.807) is 0 Å². The summed E-state index contributed by atoms with van der Waals surface area (Å²) < 4.78 is 5.02. The summed E-state index contributed by atoms with van der Waals surface area (Å²) >= 11 is 1.81. The number of hydrogen-bond acceptors (Lipinski definition) is 5. The molecule has 1 aromatic rings. The van der Waals surface area contributed by atoms with Gasteiger partial charge in [0.2, 0.25) is 0 Å². The van der Waals surface area contributed by atoms with Crippen molar-refractivity contribution in [1.82, 2.24) is 15.6 Å². The Hall–Kier alpha value is -1.14. The van der Waals surface area contributed by atoms with Crippen molar-refractivity contribution in [3.05, 3.63) is 15.6 Å². The first-order valence-electron chi connectivity index (χ1n) is 8.30. The van der Waals surface area contributed by atoms with Gasteiger partial charge in [0.05, 0.1) is 17.3 Å². The molecule has 22 heavy (non-hydrogen) atoms. The minimum Gasteiger partial charge on any atom is -0.450 e. The van der Waals surface area contributed by atoms with Gasteiger partial charge in [-0.05, 0) is 51.9 Å². The standard InChI is InChI=1S/C16H25N3O2S/c1-3-21-16(20)19-14(11-7-8-11)9-17-12-5-4-6-13-15(12)22-10(2)18-13/h11-12,14,17H,3-9H2,1-2H3,(H,19,20)/t12-,14+/m1/s1. The smallest absolute Gasteiger partial charge is 0.407 e. The molecule has 2 N–H and O–H groups in total. The summed E-state index contributed by atoms with van der Waals surface area (Å²) in [6, 6.07) is 0.568. The summed E-state index contributed by atoms with van der Waals surface area (Å²) in [7, 11) is 0. The number of nitrogens with one attached hydrogen (secondary N) is 2. The predicted octanol–water partition coefficient (Wildman–Crippen LogP) is 2.94. The molecule has 0 aliphatic heterocycles. The van der Waals surface area contributed by atoms with Gasteiger partial charge in [0, 0.05) is 23.5 Å². The largest absolute Gasteiger partial charge is 0.450 e. The summed E-state index contributed by atoms with van der Waals surface area (Å²) in [5.74, 6) is 0.600. The normalized spacial score (nSPS) is 22.0. The van der Waals surface area contributed by atoms with Crippen molar-refractivity contribution in [3.63, 3.8) is 0 Å². The molecular formula is C16H25N3O2S. The Bertz CT molecular complexity index is 527. The zero-order chi connectivity index (χ0) is 15.5. The van der Waals surface area contributed by atoms with E-state index in [1.807, 2.05) is 18.3 Å². The maximum atomic E-state index is 11.7. The number of fused-ring (bicyclic) bond motifs is 1. The maximum Gasteiger partial charge on any atom is 0.407 e. The molecule has 5 nitrogen and oxygen atoms in total. The summed E-state index contributed by atoms with van der Waals surface area (Å²) in [5.41, 5.74) is 1.27. The average molecular weight is 323 g/mol. The molecule has 1 heterocycles. The third-order valence-corrected chi connectivity index (χ3v) is 5.54. The molecule has 0 radical (unpaired) electrons. The highest BCUT2D eigenvalue weighted by Crippen LogP contribution is 2.35. The third-order valence-electron chi connectivity index (χ3n) is 4.41. The number of carbonyl (C=O) groups is 1. The van der Waals surface area contributed by atoms with E-state index < -0.39 is 0 Å². The predicted molar refractivity (Wildman–Crippen MR) is 87.2 cm³/mol. The summed E-state index contributed by atoms with van der Waals surface area (Å²) in [6.07, 6.45) is 5.56. The molecule has 122 valence electrons. The van der Waals surface area contributed by atoms with Crippen LogP contribution in [-0.2, 0) is 11.2 Å². The number of ether oxygens (including phenoxy) is 1. The van der Waals surface area contributed by atoms with E-state index in [9.17, 15) is 4.79 Å². The van der Waals surface area contributed by atoms with Gasteiger partial charge in [-0.3, -0.25) is 0 Å². The van der Waals surface area contributed by atoms with Crippen LogP contribution in [0.25, 0.3) is 0 Å². The second kappa shape index (κ2) is 6.96. The number of rotatable bonds is 6. The van der Waals surface area contributed by atoms with Crippen molar-refractivity contribution < 1.29 is 9.53 Å². The van der Waals surface area contributed by atoms with Crippen LogP contribution in [0.1, 0.15) is 54.2 Å². The molecule has 1 amide bonds. The molecule has 0 aromatic carbocycles. The van der Waals surface area contributed by atoms with E-state index in [0.29, 0.717) is 18.6 Å². The first-order valence-corrected chi connectivity index (χ1v) is 9.12. The Morgan fingerprint density at radius 1 is 1.45 bits per heavy atom. The fourth-order valence-corrected chi connectivity index (χ4v) is 4.25. The lowest BCUT2D eigenvalue weighted by Gasteiger charge is -2.26. The SMILES string of the molecule is CCOC(=O)N[C@@H](CN[C@@H]1CCCc2nc(C)sc21)C1CC1. The minimum absolute atomic E-state index is 0.179. The van der Waals surface area contributed by atoms with Crippen LogP contribution in [0.3, 0.4) is 0 Å². The molecule has 1 saturated carbocycles. The van der Waals surface area contributed by atoms with Crippen molar-refractivity contribution in [2.75, 3.05) is 13.2 Å². The van der Waals surface area contributed by atoms with Crippen LogP contribution in [0.2, 0.25) is 0 Å². The summed E-state index contributed by atoms with van der Waals surface area (Å²) in [6.45, 7) is 5.14. The first kappa shape index (κ1) is 15.7. The van der Waals surface area contributed by atoms with Gasteiger partial charge < -0.3 is 15.4 Å². The van der Waals surface area contributed by atoms with Crippen LogP contribution < -0.4 is 10.6 Å². The van der Waals surface area contributed by atoms with Crippen molar-refractivity contribution in [2.24, 2.45) is 5.92 Å². The zero-order valence-electron chi connectivity index (χ0n) is 13.4. The number of carbonyl (C=O) groups excluding carboxylic acids is 1. The van der Waals surface area contributed by atoms with Gasteiger partial charge >= 0.3 is 6.09 Å². The molecular weight excluding hydrogens is 298 g/mol. The number of aromatic nitrogens is 1. The van der Waals surface area contributed by atoms with E-state index in [1.165, 1.54) is 29.8 Å². The lowest BCUT2D eigenvalue weighted by atomic mass is 9.97. The molecule has 0 bridgehead atoms. The zero-order valence-corrected chi connectivity index (χ0v) is 14.2. The van der Waals surface area contributed by atoms with Crippen LogP contribution >= 0.6 is 11.3 Å². The van der Waals surface area contributed by atoms with Gasteiger partial charge in [-0.2, -0.15) is 0 Å². The Morgan fingerprint density at radius 3 is 3.00 bits per heavy atom. The first-order chi connectivity index (χ1) is 10.7. The molecule has 2 aliphatic rings. The van der Waals surface area contributed by atoms with Gasteiger partial charge in [0.15, 0.2) is 0 Å². The van der Waals surface area contributed by atoms with Crippen molar-refractivity contribution in [2.45, 2.75) is 58.0 Å². The van der Waals surface area contributed by atoms with E-state index in [-0.39, 0.29) is 12.1 Å². The molecule has 0 unspecified atom stereocenters. The molecule has 3 rings (SSSR count). The summed E-state index contributed by atoms with van der Waals surface area (Å²) in [4.78, 5) is 17.7. The van der Waals surface area contributed by atoms with Gasteiger partial charge in [-0.15, -0.1) is 11.3 Å². The van der Waals surface area contributed by atoms with Gasteiger partial charge in [-0.1, -0.05) is 0 Å². The Balaban J connectivity index is 1.57. The molecule has 1 fully saturated rings. The van der Waals surface area contributed by atoms with Crippen LogP contribution in [0, 0.1) is 12.8 Å². The number of nitrogens with zero attached hydrogens (tertiary/aromatic N) is 1. The Kier molecular flexibility index (Phi) is 4.98. The van der Waals surface area contributed by atoms with E-state index in [0.717, 1.165) is 24.4 Å². The topological polar surface area (TPSA) is 63.2 Å². The molecule has 0 spiro atoms. The monoisotopic (exact) mass is 323 g/mol. The van der Waals surface area contributed by atoms with Crippen molar-refractivity contribution >= 4 is 17.4 Å². The maximum absolute atomic E-state index is 11.7. The van der Waals surface area contributed by atoms with Crippen LogP contribution in [0.15, 0.2) is 0 Å². The highest BCUT2D eigenvalue weighted by Gasteiger charge is 2.33. The van der Waals surface area contributed by atoms with Gasteiger partial charge in [-0.25, -0.2) is 9.78 Å². The van der Waals surface area contributed by atoms with Crippen LogP contribution in [0.4, 0.5) is 4.79 Å². The molecule has 2 atom stereocenters. The van der Waals surface area contributed by atoms with E-state index in [2.05, 4.69) is 22.5 Å². The number of amides is 1. The van der Waals surface area contributed by atoms with E-state index >= 15 is 0 Å². The number of thiazole rings is 1. The number of alkyl carbamates (subject to hydrolysis) is 1. The fraction of sp³-hybridized carbons (Fsp3) is 0.750. The van der Waals surface area contributed by atoms with Crippen LogP contribution in [0.5, 0.6) is 0 Å². The average Bonchev–Trinajstić information content (AvgIpc) is 3.25. The lowest BCUT2D eigenvalue weighted by molar-refractivity contribution is 0.146. The highest BCUT2D eigenvalue weighted by molar-refractivity contribution is 7.11. The molecule has 1 aromatic heterocycles.